The maximum Gasteiger partial charge on any atom is 0.269 e. The highest BCUT2D eigenvalue weighted by Crippen LogP contribution is 2.32. The Kier molecular flexibility index (Phi) is 1.97. The van der Waals surface area contributed by atoms with Gasteiger partial charge in [-0.25, -0.2) is 4.72 Å². The van der Waals surface area contributed by atoms with Gasteiger partial charge in [0.2, 0.25) is 0 Å². The molecular weight excluding hydrogens is 188 g/mol. The SMILES string of the molecule is CC1=C2C=C([N+](=O)[O-])C=CC2NS1. The van der Waals surface area contributed by atoms with Crippen LogP contribution in [0.5, 0.6) is 0 Å². The van der Waals surface area contributed by atoms with Gasteiger partial charge < -0.3 is 0 Å². The minimum absolute atomic E-state index is 0.147. The highest BCUT2D eigenvalue weighted by molar-refractivity contribution is 8.01. The lowest BCUT2D eigenvalue weighted by molar-refractivity contribution is -0.419. The van der Waals surface area contributed by atoms with Crippen LogP contribution in [0.1, 0.15) is 6.92 Å². The zero-order valence-corrected chi connectivity index (χ0v) is 7.80. The van der Waals surface area contributed by atoms with Crippen molar-refractivity contribution in [3.63, 3.8) is 0 Å². The molecule has 0 bridgehead atoms. The molecule has 0 saturated heterocycles. The third-order valence-corrected chi connectivity index (χ3v) is 2.97. The van der Waals surface area contributed by atoms with Crippen molar-refractivity contribution in [1.82, 2.24) is 4.72 Å². The number of hydrogen-bond donors (Lipinski definition) is 1. The van der Waals surface area contributed by atoms with Crippen LogP contribution in [0.3, 0.4) is 0 Å². The molecule has 1 N–H and O–H groups in total. The van der Waals surface area contributed by atoms with Gasteiger partial charge in [0.1, 0.15) is 0 Å². The molecule has 13 heavy (non-hydrogen) atoms. The van der Waals surface area contributed by atoms with E-state index in [2.05, 4.69) is 4.72 Å². The fourth-order valence-electron chi connectivity index (χ4n) is 1.34. The molecule has 0 fully saturated rings. The van der Waals surface area contributed by atoms with E-state index in [1.807, 2.05) is 13.0 Å². The highest BCUT2D eigenvalue weighted by atomic mass is 32.2. The van der Waals surface area contributed by atoms with Crippen molar-refractivity contribution in [1.29, 1.82) is 0 Å². The summed E-state index contributed by atoms with van der Waals surface area (Å²) in [5.41, 5.74) is 1.18. The average Bonchev–Trinajstić information content (AvgIpc) is 2.47. The summed E-state index contributed by atoms with van der Waals surface area (Å²) >= 11 is 1.53. The van der Waals surface area contributed by atoms with Gasteiger partial charge in [-0.3, -0.25) is 10.1 Å². The standard InChI is InChI=1S/C8H8N2O2S/c1-5-7-4-6(10(11)12)2-3-8(7)9-13-5/h2-4,8-9H,1H3. The van der Waals surface area contributed by atoms with Crippen LogP contribution in [0.25, 0.3) is 0 Å². The zero-order chi connectivity index (χ0) is 9.42. The summed E-state index contributed by atoms with van der Waals surface area (Å²) in [7, 11) is 0. The van der Waals surface area contributed by atoms with E-state index in [1.54, 1.807) is 12.2 Å². The summed E-state index contributed by atoms with van der Waals surface area (Å²) < 4.78 is 3.16. The number of nitro groups is 1. The topological polar surface area (TPSA) is 55.2 Å². The van der Waals surface area contributed by atoms with Gasteiger partial charge in [0.25, 0.3) is 5.70 Å². The molecule has 0 amide bonds. The van der Waals surface area contributed by atoms with Crippen molar-refractivity contribution in [2.45, 2.75) is 13.0 Å². The number of nitrogens with one attached hydrogen (secondary N) is 1. The van der Waals surface area contributed by atoms with Crippen LogP contribution < -0.4 is 4.72 Å². The van der Waals surface area contributed by atoms with Crippen molar-refractivity contribution in [3.8, 4) is 0 Å². The first-order valence-corrected chi connectivity index (χ1v) is 4.67. The van der Waals surface area contributed by atoms with Gasteiger partial charge in [0, 0.05) is 17.1 Å². The second-order valence-corrected chi connectivity index (χ2v) is 3.95. The van der Waals surface area contributed by atoms with Crippen LogP contribution >= 0.6 is 11.9 Å². The third-order valence-electron chi connectivity index (χ3n) is 2.05. The number of nitrogens with zero attached hydrogens (tertiary/aromatic N) is 1. The number of rotatable bonds is 1. The van der Waals surface area contributed by atoms with Gasteiger partial charge in [-0.1, -0.05) is 6.08 Å². The minimum Gasteiger partial charge on any atom is -0.258 e. The molecule has 0 aromatic carbocycles. The first-order valence-electron chi connectivity index (χ1n) is 3.86. The predicted octanol–water partition coefficient (Wildman–Crippen LogP) is 1.61. The molecule has 0 aromatic heterocycles. The maximum absolute atomic E-state index is 10.5. The van der Waals surface area contributed by atoms with Gasteiger partial charge in [-0.2, -0.15) is 0 Å². The van der Waals surface area contributed by atoms with Crippen LogP contribution in [0.4, 0.5) is 0 Å². The van der Waals surface area contributed by atoms with E-state index in [-0.39, 0.29) is 16.7 Å². The number of allylic oxidation sites excluding steroid dienone is 2. The molecule has 0 saturated carbocycles. The summed E-state index contributed by atoms with van der Waals surface area (Å²) in [4.78, 5) is 11.2. The Labute approximate surface area is 79.7 Å². The normalized spacial score (nSPS) is 25.9. The second-order valence-electron chi connectivity index (χ2n) is 2.89. The summed E-state index contributed by atoms with van der Waals surface area (Å²) in [5, 5.41) is 10.5. The third kappa shape index (κ3) is 1.40. The minimum atomic E-state index is -0.365. The molecular formula is C8H8N2O2S. The average molecular weight is 196 g/mol. The van der Waals surface area contributed by atoms with Crippen molar-refractivity contribution in [2.24, 2.45) is 0 Å². The monoisotopic (exact) mass is 196 g/mol. The van der Waals surface area contributed by atoms with E-state index in [9.17, 15) is 10.1 Å². The van der Waals surface area contributed by atoms with Crippen LogP contribution in [-0.4, -0.2) is 11.0 Å². The summed E-state index contributed by atoms with van der Waals surface area (Å²) in [6.45, 7) is 1.96. The Morgan fingerprint density at radius 1 is 1.69 bits per heavy atom. The van der Waals surface area contributed by atoms with Crippen molar-refractivity contribution in [3.05, 3.63) is 44.5 Å². The van der Waals surface area contributed by atoms with Crippen molar-refractivity contribution in [2.75, 3.05) is 0 Å². The summed E-state index contributed by atoms with van der Waals surface area (Å²) in [5.74, 6) is 0. The zero-order valence-electron chi connectivity index (χ0n) is 6.98. The van der Waals surface area contributed by atoms with E-state index in [1.165, 1.54) is 11.9 Å². The fraction of sp³-hybridized carbons (Fsp3) is 0.250. The van der Waals surface area contributed by atoms with E-state index in [0.29, 0.717) is 0 Å². The lowest BCUT2D eigenvalue weighted by atomic mass is 10.0. The molecule has 4 nitrogen and oxygen atoms in total. The molecule has 2 rings (SSSR count). The van der Waals surface area contributed by atoms with Crippen molar-refractivity contribution >= 4 is 11.9 Å². The molecule has 68 valence electrons. The highest BCUT2D eigenvalue weighted by Gasteiger charge is 2.25. The number of hydrogen-bond acceptors (Lipinski definition) is 4. The van der Waals surface area contributed by atoms with Gasteiger partial charge in [0.05, 0.1) is 11.0 Å². The second kappa shape index (κ2) is 3.01. The molecule has 1 unspecified atom stereocenters. The quantitative estimate of drug-likeness (QED) is 0.393. The Bertz CT molecular complexity index is 357. The van der Waals surface area contributed by atoms with E-state index < -0.39 is 0 Å². The maximum atomic E-state index is 10.5. The van der Waals surface area contributed by atoms with Crippen molar-refractivity contribution < 1.29 is 4.92 Å². The summed E-state index contributed by atoms with van der Waals surface area (Å²) in [6.07, 6.45) is 4.99. The van der Waals surface area contributed by atoms with E-state index in [0.717, 1.165) is 10.5 Å². The molecule has 1 aliphatic carbocycles. The van der Waals surface area contributed by atoms with Crippen LogP contribution in [-0.2, 0) is 0 Å². The lowest BCUT2D eigenvalue weighted by Gasteiger charge is -2.09. The number of fused-ring (bicyclic) bond motifs is 1. The van der Waals surface area contributed by atoms with E-state index >= 15 is 0 Å². The molecule has 0 spiro atoms. The van der Waals surface area contributed by atoms with Crippen LogP contribution in [0.15, 0.2) is 34.4 Å². The molecule has 1 atom stereocenters. The Hall–Kier alpha value is -1.07. The van der Waals surface area contributed by atoms with Crippen LogP contribution in [0, 0.1) is 10.1 Å². The largest absolute Gasteiger partial charge is 0.269 e. The molecule has 0 radical (unpaired) electrons. The molecule has 5 heteroatoms. The lowest BCUT2D eigenvalue weighted by Crippen LogP contribution is -2.19. The molecule has 1 heterocycles. The summed E-state index contributed by atoms with van der Waals surface area (Å²) in [6, 6.07) is 0.147. The van der Waals surface area contributed by atoms with E-state index in [4.69, 9.17) is 0 Å². The Morgan fingerprint density at radius 2 is 2.46 bits per heavy atom. The first kappa shape index (κ1) is 8.52. The fourth-order valence-corrected chi connectivity index (χ4v) is 2.16. The first-order chi connectivity index (χ1) is 6.18. The van der Waals surface area contributed by atoms with Gasteiger partial charge >= 0.3 is 0 Å². The van der Waals surface area contributed by atoms with Gasteiger partial charge in [-0.05, 0) is 24.4 Å². The van der Waals surface area contributed by atoms with Crippen LogP contribution in [0.2, 0.25) is 0 Å². The smallest absolute Gasteiger partial charge is 0.258 e. The van der Waals surface area contributed by atoms with Gasteiger partial charge in [-0.15, -0.1) is 0 Å². The Morgan fingerprint density at radius 3 is 3.15 bits per heavy atom. The molecule has 0 aromatic rings. The molecule has 2 aliphatic rings. The molecule has 1 aliphatic heterocycles. The van der Waals surface area contributed by atoms with Gasteiger partial charge in [0.15, 0.2) is 0 Å². The predicted molar refractivity (Wildman–Crippen MR) is 51.4 cm³/mol. The Balaban J connectivity index is 2.38.